The maximum Gasteiger partial charge on any atom is 0.223 e. The predicted octanol–water partition coefficient (Wildman–Crippen LogP) is 3.42. The van der Waals surface area contributed by atoms with Crippen LogP contribution in [-0.4, -0.2) is 80.8 Å². The smallest absolute Gasteiger partial charge is 0.223 e. The Bertz CT molecular complexity index is 1260. The number of rotatable bonds is 6. The number of hydrogen-bond donors (Lipinski definition) is 3. The van der Waals surface area contributed by atoms with E-state index in [1.54, 1.807) is 6.07 Å². The summed E-state index contributed by atoms with van der Waals surface area (Å²) < 4.78 is 34.3. The molecule has 0 saturated carbocycles. The summed E-state index contributed by atoms with van der Waals surface area (Å²) in [7, 11) is 0. The van der Waals surface area contributed by atoms with Crippen LogP contribution in [0.1, 0.15) is 43.7 Å². The number of piperidine rings is 1. The first kappa shape index (κ1) is 25.8. The molecule has 5 rings (SSSR count). The molecule has 4 atom stereocenters. The molecule has 2 aliphatic heterocycles. The van der Waals surface area contributed by atoms with Crippen molar-refractivity contribution in [2.75, 3.05) is 31.6 Å². The molecular formula is C27H33F2N5O3. The van der Waals surface area contributed by atoms with Crippen molar-refractivity contribution in [1.82, 2.24) is 19.9 Å². The van der Waals surface area contributed by atoms with Gasteiger partial charge in [-0.25, -0.2) is 18.7 Å². The summed E-state index contributed by atoms with van der Waals surface area (Å²) in [6, 6.07) is 5.27. The second kappa shape index (κ2) is 10.9. The Balaban J connectivity index is 1.48. The first-order valence-corrected chi connectivity index (χ1v) is 12.8. The fraction of sp³-hybridized carbons (Fsp3) is 0.519. The summed E-state index contributed by atoms with van der Waals surface area (Å²) >= 11 is 0. The molecule has 2 aliphatic rings. The number of aromatic nitrogens is 3. The lowest BCUT2D eigenvalue weighted by Gasteiger charge is -2.33. The van der Waals surface area contributed by atoms with E-state index >= 15 is 0 Å². The largest absolute Gasteiger partial charge is 0.390 e. The minimum atomic E-state index is -1.26. The Hall–Kier alpha value is -2.79. The molecule has 198 valence electrons. The summed E-state index contributed by atoms with van der Waals surface area (Å²) in [6.07, 6.45) is 1.10. The molecular weight excluding hydrogens is 480 g/mol. The molecule has 3 N–H and O–H groups in total. The van der Waals surface area contributed by atoms with Crippen molar-refractivity contribution in [2.45, 2.75) is 63.6 Å². The zero-order valence-electron chi connectivity index (χ0n) is 21.1. The average molecular weight is 514 g/mol. The molecule has 2 saturated heterocycles. The molecule has 0 unspecified atom stereocenters. The summed E-state index contributed by atoms with van der Waals surface area (Å²) in [5.41, 5.74) is 3.60. The predicted molar refractivity (Wildman–Crippen MR) is 136 cm³/mol. The van der Waals surface area contributed by atoms with Gasteiger partial charge in [-0.2, -0.15) is 0 Å². The zero-order valence-corrected chi connectivity index (χ0v) is 21.1. The van der Waals surface area contributed by atoms with Gasteiger partial charge in [0.05, 0.1) is 36.6 Å². The van der Waals surface area contributed by atoms with Crippen molar-refractivity contribution >= 4 is 16.9 Å². The monoisotopic (exact) mass is 513 g/mol. The second-order valence-electron chi connectivity index (χ2n) is 10.3. The molecule has 0 aliphatic carbocycles. The molecule has 4 heterocycles. The Morgan fingerprint density at radius 1 is 1.16 bits per heavy atom. The van der Waals surface area contributed by atoms with E-state index in [-0.39, 0.29) is 36.8 Å². The van der Waals surface area contributed by atoms with Gasteiger partial charge in [0.15, 0.2) is 5.82 Å². The molecule has 10 heteroatoms. The number of aliphatic hydroxyl groups is 2. The zero-order chi connectivity index (χ0) is 26.1. The minimum absolute atomic E-state index is 0.148. The normalized spacial score (nSPS) is 25.1. The van der Waals surface area contributed by atoms with Crippen LogP contribution in [-0.2, 0) is 11.3 Å². The van der Waals surface area contributed by atoms with Gasteiger partial charge in [0.1, 0.15) is 11.9 Å². The topological polar surface area (TPSA) is 104 Å². The van der Waals surface area contributed by atoms with Gasteiger partial charge in [0.2, 0.25) is 5.95 Å². The van der Waals surface area contributed by atoms with Crippen LogP contribution >= 0.6 is 0 Å². The highest BCUT2D eigenvalue weighted by Crippen LogP contribution is 2.33. The minimum Gasteiger partial charge on any atom is -0.390 e. The van der Waals surface area contributed by atoms with Crippen LogP contribution in [0.3, 0.4) is 0 Å². The Labute approximate surface area is 214 Å². The van der Waals surface area contributed by atoms with Crippen molar-refractivity contribution < 1.29 is 23.7 Å². The second-order valence-corrected chi connectivity index (χ2v) is 10.3. The van der Waals surface area contributed by atoms with Crippen LogP contribution in [0.2, 0.25) is 0 Å². The van der Waals surface area contributed by atoms with E-state index in [9.17, 15) is 19.0 Å². The molecule has 2 fully saturated rings. The van der Waals surface area contributed by atoms with Crippen molar-refractivity contribution in [1.29, 1.82) is 0 Å². The Morgan fingerprint density at radius 3 is 2.76 bits per heavy atom. The number of benzene rings is 1. The number of likely N-dealkylation sites (tertiary alicyclic amines) is 1. The number of nitrogens with one attached hydrogen (secondary N) is 1. The highest BCUT2D eigenvalue weighted by Gasteiger charge is 2.28. The molecule has 0 bridgehead atoms. The standard InChI is InChI=1S/C27H33F2N5O3/c1-15(2)25-17(12-34-7-5-23(35)20(29)13-34)10-30-21-4-3-16(9-18(21)25)26-19(28)11-31-27(33-26)32-22-6-8-37-14-24(22)36/h3-4,9-11,15,20,22-24,35-36H,5-8,12-14H2,1-2H3,(H,31,32,33)/t20-,22+,23+,24+/m0/s1. The fourth-order valence-corrected chi connectivity index (χ4v) is 5.25. The lowest BCUT2D eigenvalue weighted by atomic mass is 9.92. The molecule has 1 aromatic carbocycles. The highest BCUT2D eigenvalue weighted by atomic mass is 19.1. The molecule has 3 aromatic rings. The van der Waals surface area contributed by atoms with Crippen LogP contribution in [0, 0.1) is 5.82 Å². The van der Waals surface area contributed by atoms with Crippen molar-refractivity contribution in [3.63, 3.8) is 0 Å². The molecule has 2 aromatic heterocycles. The Morgan fingerprint density at radius 2 is 2.00 bits per heavy atom. The number of nitrogens with zero attached hydrogens (tertiary/aromatic N) is 4. The molecule has 37 heavy (non-hydrogen) atoms. The van der Waals surface area contributed by atoms with Gasteiger partial charge >= 0.3 is 0 Å². The third kappa shape index (κ3) is 5.57. The third-order valence-electron chi connectivity index (χ3n) is 7.21. The molecule has 0 amide bonds. The fourth-order valence-electron chi connectivity index (χ4n) is 5.25. The number of alkyl halides is 1. The van der Waals surface area contributed by atoms with Gasteiger partial charge in [0, 0.05) is 43.4 Å². The first-order chi connectivity index (χ1) is 17.8. The summed E-state index contributed by atoms with van der Waals surface area (Å²) in [6.45, 7) is 6.25. The number of halogens is 2. The third-order valence-corrected chi connectivity index (χ3v) is 7.21. The van der Waals surface area contributed by atoms with E-state index in [0.29, 0.717) is 38.1 Å². The van der Waals surface area contributed by atoms with Gasteiger partial charge in [-0.15, -0.1) is 0 Å². The molecule has 0 radical (unpaired) electrons. The van der Waals surface area contributed by atoms with Crippen molar-refractivity contribution in [3.8, 4) is 11.3 Å². The van der Waals surface area contributed by atoms with E-state index in [1.165, 1.54) is 0 Å². The number of pyridine rings is 1. The highest BCUT2D eigenvalue weighted by molar-refractivity contribution is 5.88. The first-order valence-electron chi connectivity index (χ1n) is 12.8. The number of aliphatic hydroxyl groups excluding tert-OH is 2. The van der Waals surface area contributed by atoms with Crippen molar-refractivity contribution in [3.05, 3.63) is 47.5 Å². The van der Waals surface area contributed by atoms with E-state index < -0.39 is 24.2 Å². The van der Waals surface area contributed by atoms with E-state index in [1.807, 2.05) is 23.2 Å². The van der Waals surface area contributed by atoms with E-state index in [4.69, 9.17) is 4.74 Å². The van der Waals surface area contributed by atoms with E-state index in [2.05, 4.69) is 34.1 Å². The van der Waals surface area contributed by atoms with Gasteiger partial charge in [-0.3, -0.25) is 9.88 Å². The van der Waals surface area contributed by atoms with Crippen LogP contribution in [0.4, 0.5) is 14.7 Å². The summed E-state index contributed by atoms with van der Waals surface area (Å²) in [5, 5.41) is 23.9. The quantitative estimate of drug-likeness (QED) is 0.461. The maximum absolute atomic E-state index is 14.9. The van der Waals surface area contributed by atoms with Crippen LogP contribution in [0.15, 0.2) is 30.6 Å². The van der Waals surface area contributed by atoms with Crippen LogP contribution in [0.25, 0.3) is 22.2 Å². The Kier molecular flexibility index (Phi) is 7.62. The van der Waals surface area contributed by atoms with Crippen molar-refractivity contribution in [2.24, 2.45) is 0 Å². The number of fused-ring (bicyclic) bond motifs is 1. The maximum atomic E-state index is 14.9. The number of hydrogen-bond acceptors (Lipinski definition) is 8. The number of ether oxygens (including phenoxy) is 1. The lowest BCUT2D eigenvalue weighted by Crippen LogP contribution is -2.44. The van der Waals surface area contributed by atoms with Gasteiger partial charge < -0.3 is 20.3 Å². The molecule has 0 spiro atoms. The summed E-state index contributed by atoms with van der Waals surface area (Å²) in [4.78, 5) is 15.2. The van der Waals surface area contributed by atoms with Gasteiger partial charge in [-0.1, -0.05) is 19.9 Å². The van der Waals surface area contributed by atoms with Crippen LogP contribution in [0.5, 0.6) is 0 Å². The average Bonchev–Trinajstić information content (AvgIpc) is 2.88. The lowest BCUT2D eigenvalue weighted by molar-refractivity contribution is -0.0136. The SMILES string of the molecule is CC(C)c1c(CN2CC[C@@H](O)[C@@H](F)C2)cnc2ccc(-c3nc(N[C@@H]4CCOC[C@H]4O)ncc3F)cc12. The van der Waals surface area contributed by atoms with Gasteiger partial charge in [-0.05, 0) is 42.0 Å². The molecule has 8 nitrogen and oxygen atoms in total. The van der Waals surface area contributed by atoms with E-state index in [0.717, 1.165) is 28.2 Å². The summed E-state index contributed by atoms with van der Waals surface area (Å²) in [5.74, 6) is -0.158. The van der Waals surface area contributed by atoms with Crippen LogP contribution < -0.4 is 5.32 Å². The number of anilines is 1. The van der Waals surface area contributed by atoms with Gasteiger partial charge in [0.25, 0.3) is 0 Å².